The lowest BCUT2D eigenvalue weighted by atomic mass is 10.1. The molecular formula is C19H30ClN3O3. The van der Waals surface area contributed by atoms with Gasteiger partial charge in [0.05, 0.1) is 12.2 Å². The van der Waals surface area contributed by atoms with Crippen molar-refractivity contribution in [3.63, 3.8) is 0 Å². The summed E-state index contributed by atoms with van der Waals surface area (Å²) in [6.07, 6.45) is 1.05. The zero-order valence-corrected chi connectivity index (χ0v) is 16.3. The maximum absolute atomic E-state index is 13.0. The van der Waals surface area contributed by atoms with Gasteiger partial charge in [0.15, 0.2) is 0 Å². The minimum Gasteiger partial charge on any atom is -0.490 e. The van der Waals surface area contributed by atoms with Crippen molar-refractivity contribution in [3.05, 3.63) is 29.8 Å². The molecule has 1 atom stereocenters. The summed E-state index contributed by atoms with van der Waals surface area (Å²) < 4.78 is 11.1. The summed E-state index contributed by atoms with van der Waals surface area (Å²) in [6.45, 7) is 9.49. The van der Waals surface area contributed by atoms with Gasteiger partial charge < -0.3 is 19.7 Å². The Morgan fingerprint density at radius 1 is 1.19 bits per heavy atom. The summed E-state index contributed by atoms with van der Waals surface area (Å²) in [6, 6.07) is 8.00. The Hall–Kier alpha value is -1.34. The van der Waals surface area contributed by atoms with E-state index in [1.807, 2.05) is 36.1 Å². The predicted octanol–water partition coefficient (Wildman–Crippen LogP) is 1.64. The monoisotopic (exact) mass is 383 g/mol. The quantitative estimate of drug-likeness (QED) is 0.725. The smallest absolute Gasteiger partial charge is 0.257 e. The summed E-state index contributed by atoms with van der Waals surface area (Å²) in [7, 11) is 0. The highest BCUT2D eigenvalue weighted by Gasteiger charge is 2.32. The van der Waals surface area contributed by atoms with Crippen LogP contribution in [0.5, 0.6) is 5.75 Å². The first-order chi connectivity index (χ1) is 12.3. The summed E-state index contributed by atoms with van der Waals surface area (Å²) in [5.74, 6) is 0.725. The van der Waals surface area contributed by atoms with Crippen molar-refractivity contribution < 1.29 is 14.3 Å². The van der Waals surface area contributed by atoms with Gasteiger partial charge in [-0.3, -0.25) is 9.69 Å². The fourth-order valence-corrected chi connectivity index (χ4v) is 3.57. The SMILES string of the molecule is CCOCCOc1ccccc1C(=O)N1CCC(N2CCNCC2)C1.Cl. The number of likely N-dealkylation sites (tertiary alicyclic amines) is 1. The highest BCUT2D eigenvalue weighted by Crippen LogP contribution is 2.24. The predicted molar refractivity (Wildman–Crippen MR) is 104 cm³/mol. The molecule has 2 aliphatic rings. The molecule has 2 heterocycles. The standard InChI is InChI=1S/C19H29N3O3.ClH/c1-2-24-13-14-25-18-6-4-3-5-17(18)19(23)22-10-7-16(15-22)21-11-8-20-9-12-21;/h3-6,16,20H,2,7-15H2,1H3;1H. The Morgan fingerprint density at radius 2 is 1.96 bits per heavy atom. The number of hydrogen-bond donors (Lipinski definition) is 1. The number of piperazine rings is 1. The largest absolute Gasteiger partial charge is 0.490 e. The zero-order chi connectivity index (χ0) is 17.5. The molecule has 2 fully saturated rings. The molecule has 0 spiro atoms. The van der Waals surface area contributed by atoms with Crippen LogP contribution in [-0.4, -0.2) is 80.8 Å². The second-order valence-corrected chi connectivity index (χ2v) is 6.52. The zero-order valence-electron chi connectivity index (χ0n) is 15.5. The number of carbonyl (C=O) groups is 1. The van der Waals surface area contributed by atoms with Gasteiger partial charge in [0.25, 0.3) is 5.91 Å². The molecule has 0 radical (unpaired) electrons. The van der Waals surface area contributed by atoms with Crippen molar-refractivity contribution in [1.29, 1.82) is 0 Å². The lowest BCUT2D eigenvalue weighted by Crippen LogP contribution is -2.49. The van der Waals surface area contributed by atoms with Gasteiger partial charge in [0, 0.05) is 51.9 Å². The topological polar surface area (TPSA) is 54.0 Å². The second kappa shape index (κ2) is 10.7. The number of hydrogen-bond acceptors (Lipinski definition) is 5. The molecule has 146 valence electrons. The number of nitrogens with zero attached hydrogens (tertiary/aromatic N) is 2. The molecule has 1 N–H and O–H groups in total. The Balaban J connectivity index is 0.00000243. The molecule has 6 nitrogen and oxygen atoms in total. The first-order valence-electron chi connectivity index (χ1n) is 9.33. The van der Waals surface area contributed by atoms with Crippen molar-refractivity contribution in [2.75, 3.05) is 59.1 Å². The molecule has 2 saturated heterocycles. The van der Waals surface area contributed by atoms with E-state index in [2.05, 4.69) is 10.2 Å². The average Bonchev–Trinajstić information content (AvgIpc) is 3.16. The molecule has 2 aliphatic heterocycles. The highest BCUT2D eigenvalue weighted by molar-refractivity contribution is 5.97. The van der Waals surface area contributed by atoms with Crippen molar-refractivity contribution in [2.45, 2.75) is 19.4 Å². The molecule has 1 aromatic rings. The van der Waals surface area contributed by atoms with E-state index in [4.69, 9.17) is 9.47 Å². The van der Waals surface area contributed by atoms with Crippen molar-refractivity contribution in [1.82, 2.24) is 15.1 Å². The number of amides is 1. The maximum atomic E-state index is 13.0. The number of benzene rings is 1. The molecule has 1 amide bonds. The van der Waals surface area contributed by atoms with Gasteiger partial charge in [-0.2, -0.15) is 0 Å². The fourth-order valence-electron chi connectivity index (χ4n) is 3.57. The summed E-state index contributed by atoms with van der Waals surface area (Å²) in [4.78, 5) is 17.4. The lowest BCUT2D eigenvalue weighted by Gasteiger charge is -2.32. The molecule has 1 aromatic carbocycles. The Kier molecular flexibility index (Phi) is 8.65. The summed E-state index contributed by atoms with van der Waals surface area (Å²) in [5, 5.41) is 3.39. The molecule has 1 unspecified atom stereocenters. The van der Waals surface area contributed by atoms with Crippen LogP contribution in [0.25, 0.3) is 0 Å². The van der Waals surface area contributed by atoms with Gasteiger partial charge in [-0.25, -0.2) is 0 Å². The lowest BCUT2D eigenvalue weighted by molar-refractivity contribution is 0.0763. The first kappa shape index (κ1) is 21.0. The van der Waals surface area contributed by atoms with Crippen LogP contribution < -0.4 is 10.1 Å². The third-order valence-electron chi connectivity index (χ3n) is 4.93. The number of rotatable bonds is 7. The molecule has 0 bridgehead atoms. The molecule has 7 heteroatoms. The van der Waals surface area contributed by atoms with Crippen LogP contribution in [-0.2, 0) is 4.74 Å². The van der Waals surface area contributed by atoms with Crippen molar-refractivity contribution in [3.8, 4) is 5.75 Å². The minimum atomic E-state index is 0. The molecule has 26 heavy (non-hydrogen) atoms. The molecule has 3 rings (SSSR count). The van der Waals surface area contributed by atoms with Gasteiger partial charge in [-0.05, 0) is 25.5 Å². The first-order valence-corrected chi connectivity index (χ1v) is 9.33. The maximum Gasteiger partial charge on any atom is 0.257 e. The van der Waals surface area contributed by atoms with E-state index in [9.17, 15) is 4.79 Å². The number of carbonyl (C=O) groups excluding carboxylic acids is 1. The van der Waals surface area contributed by atoms with Crippen molar-refractivity contribution in [2.24, 2.45) is 0 Å². The summed E-state index contributed by atoms with van der Waals surface area (Å²) in [5.41, 5.74) is 0.653. The number of nitrogens with one attached hydrogen (secondary N) is 1. The molecular weight excluding hydrogens is 354 g/mol. The number of halogens is 1. The Labute approximate surface area is 162 Å². The van der Waals surface area contributed by atoms with E-state index in [0.717, 1.165) is 45.7 Å². The third kappa shape index (κ3) is 5.33. The van der Waals surface area contributed by atoms with Crippen LogP contribution in [0.4, 0.5) is 0 Å². The van der Waals surface area contributed by atoms with Gasteiger partial charge in [0.2, 0.25) is 0 Å². The summed E-state index contributed by atoms with van der Waals surface area (Å²) >= 11 is 0. The van der Waals surface area contributed by atoms with Crippen LogP contribution >= 0.6 is 12.4 Å². The van der Waals surface area contributed by atoms with Gasteiger partial charge in [-0.1, -0.05) is 12.1 Å². The van der Waals surface area contributed by atoms with E-state index in [1.54, 1.807) is 0 Å². The molecule has 0 aromatic heterocycles. The van der Waals surface area contributed by atoms with Gasteiger partial charge in [-0.15, -0.1) is 12.4 Å². The Bertz CT molecular complexity index is 567. The number of ether oxygens (including phenoxy) is 2. The van der Waals surface area contributed by atoms with E-state index in [-0.39, 0.29) is 18.3 Å². The van der Waals surface area contributed by atoms with Crippen LogP contribution in [0.15, 0.2) is 24.3 Å². The third-order valence-corrected chi connectivity index (χ3v) is 4.93. The van der Waals surface area contributed by atoms with Gasteiger partial charge >= 0.3 is 0 Å². The Morgan fingerprint density at radius 3 is 2.73 bits per heavy atom. The second-order valence-electron chi connectivity index (χ2n) is 6.52. The van der Waals surface area contributed by atoms with Crippen LogP contribution in [0.1, 0.15) is 23.7 Å². The van der Waals surface area contributed by atoms with E-state index in [1.165, 1.54) is 0 Å². The van der Waals surface area contributed by atoms with Gasteiger partial charge in [0.1, 0.15) is 12.4 Å². The number of para-hydroxylation sites is 1. The van der Waals surface area contributed by atoms with Crippen LogP contribution in [0.2, 0.25) is 0 Å². The average molecular weight is 384 g/mol. The minimum absolute atomic E-state index is 0. The van der Waals surface area contributed by atoms with Crippen molar-refractivity contribution >= 4 is 18.3 Å². The molecule has 0 aliphatic carbocycles. The highest BCUT2D eigenvalue weighted by atomic mass is 35.5. The normalized spacial score (nSPS) is 20.7. The van der Waals surface area contributed by atoms with E-state index >= 15 is 0 Å². The van der Waals surface area contributed by atoms with Crippen LogP contribution in [0, 0.1) is 0 Å². The van der Waals surface area contributed by atoms with Crippen LogP contribution in [0.3, 0.4) is 0 Å². The molecule has 0 saturated carbocycles. The van der Waals surface area contributed by atoms with E-state index in [0.29, 0.717) is 37.2 Å². The van der Waals surface area contributed by atoms with E-state index < -0.39 is 0 Å². The fraction of sp³-hybridized carbons (Fsp3) is 0.632.